The van der Waals surface area contributed by atoms with Gasteiger partial charge in [0.05, 0.1) is 38.0 Å². The maximum atomic E-state index is 14.0. The van der Waals surface area contributed by atoms with Crippen molar-refractivity contribution in [3.63, 3.8) is 0 Å². The van der Waals surface area contributed by atoms with Crippen LogP contribution in [0.15, 0.2) is 23.0 Å². The van der Waals surface area contributed by atoms with E-state index in [2.05, 4.69) is 4.90 Å². The fourth-order valence-corrected chi connectivity index (χ4v) is 7.11. The lowest BCUT2D eigenvalue weighted by Crippen LogP contribution is -2.65. The lowest BCUT2D eigenvalue weighted by atomic mass is 9.57. The summed E-state index contributed by atoms with van der Waals surface area (Å²) in [4.78, 5) is 43.0. The van der Waals surface area contributed by atoms with Gasteiger partial charge in [-0.15, -0.1) is 0 Å². The van der Waals surface area contributed by atoms with Gasteiger partial charge in [-0.1, -0.05) is 6.92 Å². The predicted molar refractivity (Wildman–Crippen MR) is 142 cm³/mol. The summed E-state index contributed by atoms with van der Waals surface area (Å²) in [6, 6.07) is 0.140. The van der Waals surface area contributed by atoms with Crippen molar-refractivity contribution in [2.75, 3.05) is 47.5 Å². The van der Waals surface area contributed by atoms with E-state index in [0.29, 0.717) is 36.6 Å². The number of Topliss-reactive ketones (excluding diaryl/α,β-unsaturated/α-hetero) is 2. The first-order chi connectivity index (χ1) is 18.9. The molecular weight excluding hydrogens is 522 g/mol. The topological polar surface area (TPSA) is 183 Å². The van der Waals surface area contributed by atoms with Gasteiger partial charge < -0.3 is 35.6 Å². The van der Waals surface area contributed by atoms with E-state index in [-0.39, 0.29) is 35.8 Å². The van der Waals surface area contributed by atoms with Gasteiger partial charge in [0.2, 0.25) is 5.78 Å². The standard InChI is InChI=1S/C28H35N3O9/c1-5-31-6-7-40-11-16(31)13-10-17(32)19-14(24(13)39-4)8-12-9-15-21(30(2)3)23(34)20(27(29)37)26(36)28(15,38)25(35)18(12)22(19)33/h10,12,15-16,21,32-33,36,38H,5-9,11H2,1-4H3,(H2,29,37)/t12-,15-,16?,21-,28-/m0/s1. The molecule has 1 heterocycles. The number of phenolic OH excluding ortho intramolecular Hbond substituents is 1. The molecule has 2 fully saturated rings. The largest absolute Gasteiger partial charge is 0.508 e. The number of primary amides is 1. The van der Waals surface area contributed by atoms with Crippen LogP contribution in [0.25, 0.3) is 5.76 Å². The van der Waals surface area contributed by atoms with Crippen LogP contribution < -0.4 is 10.5 Å². The molecule has 40 heavy (non-hydrogen) atoms. The monoisotopic (exact) mass is 557 g/mol. The highest BCUT2D eigenvalue weighted by Crippen LogP contribution is 2.54. The SMILES string of the molecule is CCN1CCOCC1c1cc(O)c2c(c1OC)C[C@H]1C[C@H]3[C@H](N(C)C)C(=O)C(C(N)=O)=C(O)[C@@]3(O)C(=O)C1=C2O. The summed E-state index contributed by atoms with van der Waals surface area (Å²) in [6.07, 6.45) is 0.159. The lowest BCUT2D eigenvalue weighted by Gasteiger charge is -2.50. The van der Waals surface area contributed by atoms with Crippen LogP contribution in [0.3, 0.4) is 0 Å². The molecule has 3 aliphatic carbocycles. The van der Waals surface area contributed by atoms with Crippen LogP contribution in [0.1, 0.15) is 36.1 Å². The molecule has 4 aliphatic rings. The zero-order valence-corrected chi connectivity index (χ0v) is 22.9. The van der Waals surface area contributed by atoms with Gasteiger partial charge in [-0.05, 0) is 45.5 Å². The number of aliphatic hydroxyl groups is 3. The van der Waals surface area contributed by atoms with Crippen LogP contribution in [0.5, 0.6) is 11.5 Å². The van der Waals surface area contributed by atoms with Crippen molar-refractivity contribution in [2.45, 2.75) is 37.5 Å². The quantitative estimate of drug-likeness (QED) is 0.315. The summed E-state index contributed by atoms with van der Waals surface area (Å²) in [6.45, 7) is 4.42. The molecule has 12 heteroatoms. The van der Waals surface area contributed by atoms with Crippen LogP contribution in [0.4, 0.5) is 0 Å². The molecule has 216 valence electrons. The smallest absolute Gasteiger partial charge is 0.255 e. The number of carbonyl (C=O) groups is 3. The average Bonchev–Trinajstić information content (AvgIpc) is 2.90. The number of hydrogen-bond acceptors (Lipinski definition) is 11. The number of rotatable bonds is 5. The summed E-state index contributed by atoms with van der Waals surface area (Å²) >= 11 is 0. The van der Waals surface area contributed by atoms with Gasteiger partial charge in [0, 0.05) is 29.2 Å². The number of fused-ring (bicyclic) bond motifs is 3. The second kappa shape index (κ2) is 9.88. The number of hydrogen-bond donors (Lipinski definition) is 5. The highest BCUT2D eigenvalue weighted by atomic mass is 16.5. The van der Waals surface area contributed by atoms with Gasteiger partial charge in [0.25, 0.3) is 5.91 Å². The predicted octanol–water partition coefficient (Wildman–Crippen LogP) is 0.366. The molecule has 0 aromatic heterocycles. The van der Waals surface area contributed by atoms with Crippen molar-refractivity contribution < 1.29 is 44.3 Å². The van der Waals surface area contributed by atoms with Crippen molar-refractivity contribution in [2.24, 2.45) is 17.6 Å². The summed E-state index contributed by atoms with van der Waals surface area (Å²) in [7, 11) is 4.62. The normalized spacial score (nSPS) is 30.8. The van der Waals surface area contributed by atoms with Crippen molar-refractivity contribution in [1.29, 1.82) is 0 Å². The van der Waals surface area contributed by atoms with E-state index in [0.717, 1.165) is 6.54 Å². The molecule has 1 saturated heterocycles. The van der Waals surface area contributed by atoms with Gasteiger partial charge >= 0.3 is 0 Å². The number of nitrogens with zero attached hydrogens (tertiary/aromatic N) is 2. The van der Waals surface area contributed by atoms with Gasteiger partial charge in [-0.3, -0.25) is 24.2 Å². The zero-order valence-electron chi connectivity index (χ0n) is 22.9. The van der Waals surface area contributed by atoms with Gasteiger partial charge in [0.1, 0.15) is 28.6 Å². The number of ketones is 2. The van der Waals surface area contributed by atoms with Crippen molar-refractivity contribution >= 4 is 23.2 Å². The molecule has 1 aromatic carbocycles. The van der Waals surface area contributed by atoms with E-state index in [1.807, 2.05) is 6.92 Å². The number of ether oxygens (including phenoxy) is 2. The average molecular weight is 558 g/mol. The van der Waals surface area contributed by atoms with Crippen LogP contribution >= 0.6 is 0 Å². The van der Waals surface area contributed by atoms with E-state index in [4.69, 9.17) is 15.2 Å². The molecule has 1 unspecified atom stereocenters. The number of methoxy groups -OCH3 is 1. The number of likely N-dealkylation sites (N-methyl/N-ethyl adjacent to an activating group) is 2. The minimum absolute atomic E-state index is 0.00309. The highest BCUT2D eigenvalue weighted by molar-refractivity contribution is 6.24. The second-order valence-corrected chi connectivity index (χ2v) is 11.1. The Labute approximate surface area is 231 Å². The van der Waals surface area contributed by atoms with Crippen LogP contribution in [0.2, 0.25) is 0 Å². The maximum absolute atomic E-state index is 14.0. The molecule has 12 nitrogen and oxygen atoms in total. The molecule has 1 saturated carbocycles. The molecule has 0 spiro atoms. The van der Waals surface area contributed by atoms with Gasteiger partial charge in [0.15, 0.2) is 11.4 Å². The van der Waals surface area contributed by atoms with Crippen LogP contribution in [-0.2, 0) is 25.5 Å². The molecule has 0 bridgehead atoms. The Kier molecular flexibility index (Phi) is 6.94. The summed E-state index contributed by atoms with van der Waals surface area (Å²) in [5.74, 6) is -6.43. The number of carbonyl (C=O) groups excluding carboxylic acids is 3. The molecule has 1 aromatic rings. The first kappa shape index (κ1) is 28.1. The molecule has 0 radical (unpaired) electrons. The van der Waals surface area contributed by atoms with Crippen LogP contribution in [0, 0.1) is 11.8 Å². The maximum Gasteiger partial charge on any atom is 0.255 e. The Hall–Kier alpha value is -3.45. The van der Waals surface area contributed by atoms with E-state index >= 15 is 0 Å². The van der Waals surface area contributed by atoms with Gasteiger partial charge in [-0.2, -0.15) is 0 Å². The number of phenols is 1. The lowest BCUT2D eigenvalue weighted by molar-refractivity contribution is -0.153. The Morgan fingerprint density at radius 2 is 1.98 bits per heavy atom. The summed E-state index contributed by atoms with van der Waals surface area (Å²) in [5.41, 5.74) is 2.82. The van der Waals surface area contributed by atoms with E-state index in [1.165, 1.54) is 18.1 Å². The third kappa shape index (κ3) is 3.77. The van der Waals surface area contributed by atoms with E-state index in [1.54, 1.807) is 14.1 Å². The number of nitrogens with two attached hydrogens (primary N) is 1. The number of morpholine rings is 1. The zero-order chi connectivity index (χ0) is 29.3. The van der Waals surface area contributed by atoms with Crippen molar-refractivity contribution in [3.8, 4) is 11.5 Å². The highest BCUT2D eigenvalue weighted by Gasteiger charge is 2.64. The fourth-order valence-electron chi connectivity index (χ4n) is 7.11. The minimum Gasteiger partial charge on any atom is -0.508 e. The van der Waals surface area contributed by atoms with Gasteiger partial charge in [-0.25, -0.2) is 0 Å². The third-order valence-electron chi connectivity index (χ3n) is 8.91. The Morgan fingerprint density at radius 3 is 2.58 bits per heavy atom. The van der Waals surface area contributed by atoms with Crippen LogP contribution in [-0.4, -0.2) is 107 Å². The molecular formula is C28H35N3O9. The Bertz CT molecular complexity index is 1370. The summed E-state index contributed by atoms with van der Waals surface area (Å²) < 4.78 is 11.6. The molecule has 6 N–H and O–H groups in total. The Balaban J connectivity index is 1.70. The van der Waals surface area contributed by atoms with Crippen molar-refractivity contribution in [1.82, 2.24) is 9.80 Å². The first-order valence-electron chi connectivity index (χ1n) is 13.3. The number of amides is 1. The van der Waals surface area contributed by atoms with E-state index < -0.39 is 58.0 Å². The van der Waals surface area contributed by atoms with Crippen molar-refractivity contribution in [3.05, 3.63) is 39.7 Å². The molecule has 5 rings (SSSR count). The van der Waals surface area contributed by atoms with E-state index in [9.17, 15) is 34.8 Å². The molecule has 1 amide bonds. The molecule has 5 atom stereocenters. The number of benzene rings is 1. The fraction of sp³-hybridized carbons (Fsp3) is 0.536. The Morgan fingerprint density at radius 1 is 1.27 bits per heavy atom. The number of aromatic hydroxyl groups is 1. The number of aliphatic hydroxyl groups excluding tert-OH is 2. The first-order valence-corrected chi connectivity index (χ1v) is 13.3. The third-order valence-corrected chi connectivity index (χ3v) is 8.91. The summed E-state index contributed by atoms with van der Waals surface area (Å²) in [5, 5.41) is 45.3. The minimum atomic E-state index is -2.68. The molecule has 1 aliphatic heterocycles. The second-order valence-electron chi connectivity index (χ2n) is 11.1.